The molecule has 1 N–H and O–H groups in total. The second kappa shape index (κ2) is 5.53. The highest BCUT2D eigenvalue weighted by Crippen LogP contribution is 2.35. The van der Waals surface area contributed by atoms with Crippen molar-refractivity contribution >= 4 is 5.69 Å². The Morgan fingerprint density at radius 3 is 3.00 bits per heavy atom. The normalized spacial score (nSPS) is 17.8. The Hall–Kier alpha value is -2.03. The van der Waals surface area contributed by atoms with Crippen LogP contribution < -0.4 is 10.1 Å². The van der Waals surface area contributed by atoms with Crippen molar-refractivity contribution in [3.8, 4) is 5.75 Å². The number of nitrogens with zero attached hydrogens (tertiary/aromatic N) is 1. The van der Waals surface area contributed by atoms with Crippen LogP contribution in [0.5, 0.6) is 5.75 Å². The van der Waals surface area contributed by atoms with Crippen molar-refractivity contribution in [2.75, 3.05) is 11.9 Å². The molecule has 1 aromatic heterocycles. The Morgan fingerprint density at radius 2 is 2.15 bits per heavy atom. The number of aryl methyl sites for hydroxylation is 2. The monoisotopic (exact) mass is 268 g/mol. The summed E-state index contributed by atoms with van der Waals surface area (Å²) >= 11 is 0. The number of hydrogen-bond donors (Lipinski definition) is 1. The average Bonchev–Trinajstić information content (AvgIpc) is 2.63. The van der Waals surface area contributed by atoms with E-state index < -0.39 is 0 Å². The Labute approximate surface area is 120 Å². The minimum Gasteiger partial charge on any atom is -0.493 e. The van der Waals surface area contributed by atoms with Crippen LogP contribution in [0.2, 0.25) is 0 Å². The summed E-state index contributed by atoms with van der Waals surface area (Å²) in [5, 5.41) is 3.60. The minimum atomic E-state index is 0.288. The third-order valence-electron chi connectivity index (χ3n) is 3.72. The van der Waals surface area contributed by atoms with Crippen LogP contribution in [0.3, 0.4) is 0 Å². The minimum absolute atomic E-state index is 0.288. The molecule has 0 fully saturated rings. The van der Waals surface area contributed by atoms with Crippen molar-refractivity contribution in [3.05, 3.63) is 53.3 Å². The van der Waals surface area contributed by atoms with Crippen LogP contribution in [0.1, 0.15) is 35.6 Å². The number of aromatic nitrogens is 1. The molecule has 0 bridgehead atoms. The lowest BCUT2D eigenvalue weighted by molar-refractivity contribution is 0.314. The number of rotatable bonds is 2. The molecular formula is C17H20N2O. The van der Waals surface area contributed by atoms with E-state index in [9.17, 15) is 0 Å². The summed E-state index contributed by atoms with van der Waals surface area (Å²) in [6.45, 7) is 4.96. The van der Waals surface area contributed by atoms with Crippen molar-refractivity contribution in [2.45, 2.75) is 32.7 Å². The fraction of sp³-hybridized carbons (Fsp3) is 0.353. The third kappa shape index (κ3) is 2.62. The van der Waals surface area contributed by atoms with E-state index in [1.807, 2.05) is 12.4 Å². The first-order valence-corrected chi connectivity index (χ1v) is 7.14. The molecule has 1 aliphatic heterocycles. The fourth-order valence-corrected chi connectivity index (χ4v) is 2.75. The molecule has 0 aliphatic carbocycles. The summed E-state index contributed by atoms with van der Waals surface area (Å²) < 4.78 is 5.92. The summed E-state index contributed by atoms with van der Waals surface area (Å²) in [5.74, 6) is 1.04. The van der Waals surface area contributed by atoms with Gasteiger partial charge in [-0.15, -0.1) is 0 Å². The smallest absolute Gasteiger partial charge is 0.127 e. The van der Waals surface area contributed by atoms with E-state index in [-0.39, 0.29) is 6.04 Å². The van der Waals surface area contributed by atoms with Gasteiger partial charge in [0, 0.05) is 18.0 Å². The molecule has 20 heavy (non-hydrogen) atoms. The molecule has 1 unspecified atom stereocenters. The molecule has 0 amide bonds. The van der Waals surface area contributed by atoms with Gasteiger partial charge in [0.1, 0.15) is 5.75 Å². The standard InChI is InChI=1S/C17H20N2O/c1-12-9-14(11-18-10-12)19-16-7-4-8-20-17-13(2)5-3-6-15(16)17/h3,5-6,9-11,16,19H,4,7-8H2,1-2H3. The van der Waals surface area contributed by atoms with Gasteiger partial charge < -0.3 is 10.1 Å². The Balaban J connectivity index is 1.92. The van der Waals surface area contributed by atoms with Gasteiger partial charge in [0.25, 0.3) is 0 Å². The maximum atomic E-state index is 5.92. The van der Waals surface area contributed by atoms with Gasteiger partial charge in [-0.3, -0.25) is 4.98 Å². The first-order chi connectivity index (χ1) is 9.74. The van der Waals surface area contributed by atoms with E-state index in [1.54, 1.807) is 0 Å². The van der Waals surface area contributed by atoms with Gasteiger partial charge >= 0.3 is 0 Å². The number of para-hydroxylation sites is 1. The van der Waals surface area contributed by atoms with Gasteiger partial charge in [-0.1, -0.05) is 18.2 Å². The molecule has 3 nitrogen and oxygen atoms in total. The highest BCUT2D eigenvalue weighted by molar-refractivity contribution is 5.50. The molecule has 2 aromatic rings. The van der Waals surface area contributed by atoms with Gasteiger partial charge in [0.15, 0.2) is 0 Å². The van der Waals surface area contributed by atoms with Crippen LogP contribution in [0.4, 0.5) is 5.69 Å². The molecule has 104 valence electrons. The maximum Gasteiger partial charge on any atom is 0.127 e. The van der Waals surface area contributed by atoms with Gasteiger partial charge in [0.2, 0.25) is 0 Å². The van der Waals surface area contributed by atoms with Gasteiger partial charge in [-0.25, -0.2) is 0 Å². The van der Waals surface area contributed by atoms with E-state index >= 15 is 0 Å². The van der Waals surface area contributed by atoms with Gasteiger partial charge in [0.05, 0.1) is 18.3 Å². The summed E-state index contributed by atoms with van der Waals surface area (Å²) in [6.07, 6.45) is 5.89. The van der Waals surface area contributed by atoms with Crippen LogP contribution in [-0.4, -0.2) is 11.6 Å². The van der Waals surface area contributed by atoms with E-state index in [0.29, 0.717) is 0 Å². The zero-order valence-corrected chi connectivity index (χ0v) is 12.0. The van der Waals surface area contributed by atoms with Crippen LogP contribution in [0.25, 0.3) is 0 Å². The highest BCUT2D eigenvalue weighted by atomic mass is 16.5. The van der Waals surface area contributed by atoms with Crippen molar-refractivity contribution in [2.24, 2.45) is 0 Å². The number of fused-ring (bicyclic) bond motifs is 1. The fourth-order valence-electron chi connectivity index (χ4n) is 2.75. The first kappa shape index (κ1) is 13.0. The molecule has 3 heteroatoms. The predicted molar refractivity (Wildman–Crippen MR) is 81.2 cm³/mol. The Bertz CT molecular complexity index is 610. The van der Waals surface area contributed by atoms with Crippen molar-refractivity contribution < 1.29 is 4.74 Å². The number of hydrogen-bond acceptors (Lipinski definition) is 3. The lowest BCUT2D eigenvalue weighted by Crippen LogP contribution is -2.10. The van der Waals surface area contributed by atoms with Crippen LogP contribution in [-0.2, 0) is 0 Å². The molecule has 0 spiro atoms. The van der Waals surface area contributed by atoms with Crippen LogP contribution >= 0.6 is 0 Å². The quantitative estimate of drug-likeness (QED) is 0.893. The topological polar surface area (TPSA) is 34.2 Å². The first-order valence-electron chi connectivity index (χ1n) is 7.14. The lowest BCUT2D eigenvalue weighted by Gasteiger charge is -2.20. The molecule has 1 atom stereocenters. The maximum absolute atomic E-state index is 5.92. The van der Waals surface area contributed by atoms with Gasteiger partial charge in [-0.05, 0) is 43.9 Å². The summed E-state index contributed by atoms with van der Waals surface area (Å²) in [6, 6.07) is 8.79. The summed E-state index contributed by atoms with van der Waals surface area (Å²) in [5.41, 5.74) is 4.70. The zero-order valence-electron chi connectivity index (χ0n) is 12.0. The Morgan fingerprint density at radius 1 is 1.25 bits per heavy atom. The van der Waals surface area contributed by atoms with Crippen LogP contribution in [0, 0.1) is 13.8 Å². The summed E-state index contributed by atoms with van der Waals surface area (Å²) in [7, 11) is 0. The molecule has 1 aliphatic rings. The zero-order chi connectivity index (χ0) is 13.9. The van der Waals surface area contributed by atoms with E-state index in [4.69, 9.17) is 4.74 Å². The largest absolute Gasteiger partial charge is 0.493 e. The van der Waals surface area contributed by atoms with Crippen molar-refractivity contribution in [1.82, 2.24) is 4.98 Å². The molecular weight excluding hydrogens is 248 g/mol. The number of pyridine rings is 1. The number of nitrogens with one attached hydrogen (secondary N) is 1. The Kier molecular flexibility index (Phi) is 3.59. The number of anilines is 1. The van der Waals surface area contributed by atoms with Crippen molar-refractivity contribution in [3.63, 3.8) is 0 Å². The van der Waals surface area contributed by atoms with Gasteiger partial charge in [-0.2, -0.15) is 0 Å². The molecule has 1 aromatic carbocycles. The third-order valence-corrected chi connectivity index (χ3v) is 3.72. The van der Waals surface area contributed by atoms with Crippen LogP contribution in [0.15, 0.2) is 36.7 Å². The predicted octanol–water partition coefficient (Wildman–Crippen LogP) is 4.02. The van der Waals surface area contributed by atoms with Crippen molar-refractivity contribution in [1.29, 1.82) is 0 Å². The number of benzene rings is 1. The lowest BCUT2D eigenvalue weighted by atomic mass is 9.99. The second-order valence-corrected chi connectivity index (χ2v) is 5.43. The molecule has 3 rings (SSSR count). The second-order valence-electron chi connectivity index (χ2n) is 5.43. The molecule has 0 saturated heterocycles. The van der Waals surface area contributed by atoms with E-state index in [0.717, 1.165) is 30.9 Å². The average molecular weight is 268 g/mol. The summed E-state index contributed by atoms with van der Waals surface area (Å²) in [4.78, 5) is 4.25. The SMILES string of the molecule is Cc1cncc(NC2CCCOc3c(C)cccc32)c1. The molecule has 0 saturated carbocycles. The van der Waals surface area contributed by atoms with E-state index in [2.05, 4.69) is 48.4 Å². The van der Waals surface area contributed by atoms with E-state index in [1.165, 1.54) is 16.7 Å². The number of ether oxygens (including phenoxy) is 1. The highest BCUT2D eigenvalue weighted by Gasteiger charge is 2.20. The molecule has 2 heterocycles. The molecule has 0 radical (unpaired) electrons.